The third kappa shape index (κ3) is 4.33. The Morgan fingerprint density at radius 2 is 1.33 bits per heavy atom. The molecule has 0 bridgehead atoms. The number of methoxy groups -OCH3 is 7. The Balaban J connectivity index is 2.58. The molecule has 1 aromatic heterocycles. The molecule has 0 N–H and O–H groups in total. The Kier molecular flexibility index (Phi) is 8.36. The molecule has 2 aromatic carbocycles. The Bertz CT molecular complexity index is 1060. The molecule has 0 radical (unpaired) electrons. The van der Waals surface area contributed by atoms with Crippen molar-refractivity contribution in [1.29, 1.82) is 0 Å². The van der Waals surface area contributed by atoms with Gasteiger partial charge >= 0.3 is 6.41 Å². The molecule has 0 saturated carbocycles. The summed E-state index contributed by atoms with van der Waals surface area (Å²) in [6, 6.07) is 17.4. The summed E-state index contributed by atoms with van der Waals surface area (Å²) in [5.41, 5.74) is 1.94. The number of fused-ring (bicyclic) bond motifs is 1. The summed E-state index contributed by atoms with van der Waals surface area (Å²) in [6.07, 6.45) is -1.56. The summed E-state index contributed by atoms with van der Waals surface area (Å²) in [7, 11) is 11.0. The fraction of sp³-hybridized carbons (Fsp3) is 0.400. The molecule has 33 heavy (non-hydrogen) atoms. The molecule has 0 aliphatic heterocycles. The summed E-state index contributed by atoms with van der Waals surface area (Å²) in [4.78, 5) is 0. The summed E-state index contributed by atoms with van der Waals surface area (Å²) >= 11 is 0. The highest BCUT2D eigenvalue weighted by molar-refractivity contribution is 5.85. The van der Waals surface area contributed by atoms with Crippen LogP contribution < -0.4 is 9.30 Å². The fourth-order valence-electron chi connectivity index (χ4n) is 4.26. The first-order valence-corrected chi connectivity index (χ1v) is 10.4. The van der Waals surface area contributed by atoms with Crippen LogP contribution in [-0.2, 0) is 34.2 Å². The predicted octanol–water partition coefficient (Wildman–Crippen LogP) is 3.67. The lowest BCUT2D eigenvalue weighted by Gasteiger charge is -2.32. The first-order chi connectivity index (χ1) is 16.1. The van der Waals surface area contributed by atoms with E-state index in [4.69, 9.17) is 33.2 Å². The van der Waals surface area contributed by atoms with Crippen LogP contribution in [0, 0.1) is 0 Å². The fourth-order valence-corrected chi connectivity index (χ4v) is 4.26. The van der Waals surface area contributed by atoms with E-state index in [0.717, 1.165) is 10.8 Å². The normalized spacial score (nSPS) is 12.2. The highest BCUT2D eigenvalue weighted by Crippen LogP contribution is 2.41. The standard InChI is InChI=1S/C25H32NO7/c1-27-21-15-11-10-14-19(21)25(32-6,33-7)22-18-13-9-8-12-17(18)16-20(23(28-2)29-3)26(22)24(30-4)31-5/h8-16,23-24H,1-7H3/q+1. The maximum Gasteiger partial charge on any atom is 0.381 e. The Hall–Kier alpha value is -2.59. The van der Waals surface area contributed by atoms with Crippen molar-refractivity contribution < 1.29 is 37.7 Å². The number of aromatic nitrogens is 1. The lowest BCUT2D eigenvalue weighted by Crippen LogP contribution is -2.55. The van der Waals surface area contributed by atoms with Crippen LogP contribution >= 0.6 is 0 Å². The van der Waals surface area contributed by atoms with E-state index in [0.29, 0.717) is 22.7 Å². The van der Waals surface area contributed by atoms with E-state index in [9.17, 15) is 0 Å². The minimum Gasteiger partial charge on any atom is -0.496 e. The van der Waals surface area contributed by atoms with E-state index >= 15 is 0 Å². The topological polar surface area (TPSA) is 68.5 Å². The summed E-state index contributed by atoms with van der Waals surface area (Å²) in [5.74, 6) is -0.799. The number of benzene rings is 2. The van der Waals surface area contributed by atoms with Crippen LogP contribution in [0.4, 0.5) is 0 Å². The maximum atomic E-state index is 6.18. The second kappa shape index (κ2) is 11.0. The van der Waals surface area contributed by atoms with Crippen molar-refractivity contribution in [3.63, 3.8) is 0 Å². The Morgan fingerprint density at radius 3 is 1.91 bits per heavy atom. The van der Waals surface area contributed by atoms with E-state index in [1.165, 1.54) is 0 Å². The van der Waals surface area contributed by atoms with Gasteiger partial charge in [0.2, 0.25) is 12.0 Å². The largest absolute Gasteiger partial charge is 0.496 e. The van der Waals surface area contributed by atoms with Crippen molar-refractivity contribution in [3.8, 4) is 5.75 Å². The Labute approximate surface area is 194 Å². The van der Waals surface area contributed by atoms with Gasteiger partial charge in [0.1, 0.15) is 5.75 Å². The molecule has 0 fully saturated rings. The van der Waals surface area contributed by atoms with Gasteiger partial charge in [-0.05, 0) is 23.6 Å². The van der Waals surface area contributed by atoms with Crippen molar-refractivity contribution in [2.75, 3.05) is 49.8 Å². The zero-order valence-corrected chi connectivity index (χ0v) is 20.2. The van der Waals surface area contributed by atoms with Gasteiger partial charge in [-0.1, -0.05) is 30.3 Å². The smallest absolute Gasteiger partial charge is 0.381 e. The quantitative estimate of drug-likeness (QED) is 0.321. The zero-order valence-electron chi connectivity index (χ0n) is 20.2. The minimum atomic E-state index is -1.40. The van der Waals surface area contributed by atoms with Gasteiger partial charge in [-0.2, -0.15) is 0 Å². The molecule has 0 atom stereocenters. The van der Waals surface area contributed by atoms with E-state index in [2.05, 4.69) is 0 Å². The summed E-state index contributed by atoms with van der Waals surface area (Å²) in [5, 5.41) is 1.79. The lowest BCUT2D eigenvalue weighted by molar-refractivity contribution is -0.821. The molecule has 0 saturated heterocycles. The van der Waals surface area contributed by atoms with Gasteiger partial charge < -0.3 is 33.2 Å². The number of hydrogen-bond acceptors (Lipinski definition) is 7. The molecular weight excluding hydrogens is 426 g/mol. The van der Waals surface area contributed by atoms with Crippen LogP contribution in [0.25, 0.3) is 10.8 Å². The van der Waals surface area contributed by atoms with Gasteiger partial charge in [0, 0.05) is 48.7 Å². The summed E-state index contributed by atoms with van der Waals surface area (Å²) in [6.45, 7) is 0. The molecule has 0 spiro atoms. The van der Waals surface area contributed by atoms with Gasteiger partial charge in [-0.15, -0.1) is 4.57 Å². The van der Waals surface area contributed by atoms with Gasteiger partial charge in [0.25, 0.3) is 11.5 Å². The molecule has 8 heteroatoms. The summed E-state index contributed by atoms with van der Waals surface area (Å²) < 4.78 is 42.6. The number of rotatable bonds is 11. The maximum absolute atomic E-state index is 6.18. The third-order valence-electron chi connectivity index (χ3n) is 5.67. The van der Waals surface area contributed by atoms with Crippen molar-refractivity contribution in [2.45, 2.75) is 18.5 Å². The molecular formula is C25H32NO7+. The van der Waals surface area contributed by atoms with Crippen LogP contribution in [0.15, 0.2) is 54.6 Å². The van der Waals surface area contributed by atoms with Crippen LogP contribution in [0.2, 0.25) is 0 Å². The second-order valence-corrected chi connectivity index (χ2v) is 7.18. The van der Waals surface area contributed by atoms with Crippen molar-refractivity contribution >= 4 is 10.8 Å². The first kappa shape index (κ1) is 25.0. The molecule has 0 unspecified atom stereocenters. The third-order valence-corrected chi connectivity index (χ3v) is 5.67. The lowest BCUT2D eigenvalue weighted by atomic mass is 9.94. The van der Waals surface area contributed by atoms with E-state index in [1.54, 1.807) is 49.8 Å². The van der Waals surface area contributed by atoms with Crippen LogP contribution in [0.3, 0.4) is 0 Å². The Morgan fingerprint density at radius 1 is 0.727 bits per heavy atom. The van der Waals surface area contributed by atoms with Crippen molar-refractivity contribution in [3.05, 3.63) is 71.5 Å². The van der Waals surface area contributed by atoms with Gasteiger partial charge in [-0.3, -0.25) is 0 Å². The predicted molar refractivity (Wildman–Crippen MR) is 122 cm³/mol. The van der Waals surface area contributed by atoms with E-state index < -0.39 is 18.5 Å². The number of para-hydroxylation sites is 1. The number of pyridine rings is 1. The van der Waals surface area contributed by atoms with Crippen LogP contribution in [0.5, 0.6) is 5.75 Å². The van der Waals surface area contributed by atoms with Gasteiger partial charge in [-0.25, -0.2) is 0 Å². The average molecular weight is 459 g/mol. The SMILES string of the molecule is COc1ccccc1C(OC)(OC)c1c2ccccc2cc(C(OC)OC)[n+]1C(OC)OC. The van der Waals surface area contributed by atoms with Gasteiger partial charge in [0.15, 0.2) is 0 Å². The highest BCUT2D eigenvalue weighted by Gasteiger charge is 2.50. The molecule has 3 aromatic rings. The number of hydrogen-bond donors (Lipinski definition) is 0. The highest BCUT2D eigenvalue weighted by atomic mass is 16.7. The molecule has 178 valence electrons. The molecule has 8 nitrogen and oxygen atoms in total. The van der Waals surface area contributed by atoms with Crippen LogP contribution in [-0.4, -0.2) is 49.8 Å². The first-order valence-electron chi connectivity index (χ1n) is 10.4. The molecule has 0 aliphatic carbocycles. The van der Waals surface area contributed by atoms with E-state index in [-0.39, 0.29) is 0 Å². The van der Waals surface area contributed by atoms with Crippen LogP contribution in [0.1, 0.15) is 29.7 Å². The minimum absolute atomic E-state index is 0.601. The van der Waals surface area contributed by atoms with Crippen molar-refractivity contribution in [1.82, 2.24) is 0 Å². The molecule has 0 amide bonds. The van der Waals surface area contributed by atoms with E-state index in [1.807, 2.05) is 59.2 Å². The monoisotopic (exact) mass is 458 g/mol. The average Bonchev–Trinajstić information content (AvgIpc) is 2.87. The number of ether oxygens (including phenoxy) is 7. The molecule has 3 rings (SSSR count). The van der Waals surface area contributed by atoms with Gasteiger partial charge in [0.05, 0.1) is 18.1 Å². The number of nitrogens with zero attached hydrogens (tertiary/aromatic N) is 1. The van der Waals surface area contributed by atoms with Crippen molar-refractivity contribution in [2.24, 2.45) is 0 Å². The molecule has 1 heterocycles. The molecule has 0 aliphatic rings. The second-order valence-electron chi connectivity index (χ2n) is 7.18. The zero-order chi connectivity index (χ0) is 24.0.